The van der Waals surface area contributed by atoms with E-state index in [1.54, 1.807) is 12.1 Å². The smallest absolute Gasteiger partial charge is 0.548 e. The van der Waals surface area contributed by atoms with Crippen LogP contribution in [0.15, 0.2) is 54.6 Å². The van der Waals surface area contributed by atoms with E-state index in [-0.39, 0.29) is 40.5 Å². The van der Waals surface area contributed by atoms with E-state index in [1.165, 1.54) is 12.1 Å². The largest absolute Gasteiger partial charge is 1.00 e. The van der Waals surface area contributed by atoms with Crippen molar-refractivity contribution in [3.8, 4) is 22.5 Å². The first-order chi connectivity index (χ1) is 12.0. The second kappa shape index (κ2) is 9.09. The van der Waals surface area contributed by atoms with Crippen molar-refractivity contribution < 1.29 is 43.8 Å². The number of aromatic nitrogens is 2. The zero-order chi connectivity index (χ0) is 17.8. The summed E-state index contributed by atoms with van der Waals surface area (Å²) in [7, 11) is 0. The molecular formula is C18H12ClFN3NaO2. The Morgan fingerprint density at radius 2 is 1.69 bits per heavy atom. The summed E-state index contributed by atoms with van der Waals surface area (Å²) in [6.07, 6.45) is 0. The molecule has 0 aliphatic carbocycles. The van der Waals surface area contributed by atoms with Gasteiger partial charge in [0.2, 0.25) is 5.95 Å². The van der Waals surface area contributed by atoms with Crippen LogP contribution in [-0.2, 0) is 4.79 Å². The molecule has 0 fully saturated rings. The summed E-state index contributed by atoms with van der Waals surface area (Å²) < 4.78 is 13.8. The Bertz CT molecular complexity index is 926. The number of benzene rings is 2. The molecule has 0 radical (unpaired) electrons. The van der Waals surface area contributed by atoms with Gasteiger partial charge in [0.1, 0.15) is 5.82 Å². The molecule has 0 spiro atoms. The summed E-state index contributed by atoms with van der Waals surface area (Å²) in [4.78, 5) is 19.2. The molecule has 0 saturated carbocycles. The Morgan fingerprint density at radius 1 is 1.04 bits per heavy atom. The molecule has 0 aliphatic heterocycles. The molecule has 1 aromatic heterocycles. The third-order valence-electron chi connectivity index (χ3n) is 3.40. The summed E-state index contributed by atoms with van der Waals surface area (Å²) in [6, 6.07) is 15.3. The topological polar surface area (TPSA) is 77.9 Å². The van der Waals surface area contributed by atoms with Gasteiger partial charge in [-0.05, 0) is 18.2 Å². The quantitative estimate of drug-likeness (QED) is 0.620. The minimum absolute atomic E-state index is 0. The minimum atomic E-state index is -1.28. The number of carbonyl (C=O) groups excluding carboxylic acids is 1. The maximum absolute atomic E-state index is 13.8. The number of nitrogens with one attached hydrogen (secondary N) is 1. The molecule has 1 heterocycles. The zero-order valence-corrected chi connectivity index (χ0v) is 16.6. The molecule has 3 rings (SSSR count). The summed E-state index contributed by atoms with van der Waals surface area (Å²) >= 11 is 5.72. The van der Waals surface area contributed by atoms with E-state index in [0.717, 1.165) is 5.56 Å². The summed E-state index contributed by atoms with van der Waals surface area (Å²) in [5.74, 6) is -1.74. The fourth-order valence-corrected chi connectivity index (χ4v) is 2.36. The Labute approximate surface area is 176 Å². The van der Waals surface area contributed by atoms with Crippen LogP contribution >= 0.6 is 11.6 Å². The maximum Gasteiger partial charge on any atom is 1.00 e. The van der Waals surface area contributed by atoms with Crippen LogP contribution in [0.2, 0.25) is 5.02 Å². The van der Waals surface area contributed by atoms with Gasteiger partial charge < -0.3 is 15.2 Å². The van der Waals surface area contributed by atoms with Crippen molar-refractivity contribution in [1.82, 2.24) is 9.97 Å². The van der Waals surface area contributed by atoms with Gasteiger partial charge in [0.05, 0.1) is 28.9 Å². The molecule has 1 N–H and O–H groups in total. The fraction of sp³-hybridized carbons (Fsp3) is 0.0556. The number of carboxylic acids is 1. The zero-order valence-electron chi connectivity index (χ0n) is 13.9. The third kappa shape index (κ3) is 5.02. The van der Waals surface area contributed by atoms with Gasteiger partial charge in [-0.3, -0.25) is 0 Å². The van der Waals surface area contributed by atoms with E-state index >= 15 is 0 Å². The third-order valence-corrected chi connectivity index (χ3v) is 3.71. The van der Waals surface area contributed by atoms with Crippen molar-refractivity contribution in [2.75, 3.05) is 11.9 Å². The molecule has 126 valence electrons. The number of rotatable bonds is 5. The molecular weight excluding hydrogens is 368 g/mol. The van der Waals surface area contributed by atoms with E-state index in [1.807, 2.05) is 30.3 Å². The fourth-order valence-electron chi connectivity index (χ4n) is 2.24. The molecule has 3 aromatic rings. The Hall–Kier alpha value is -1.99. The molecule has 0 saturated heterocycles. The van der Waals surface area contributed by atoms with Gasteiger partial charge in [0.25, 0.3) is 0 Å². The monoisotopic (exact) mass is 379 g/mol. The number of nitrogens with zero attached hydrogens (tertiary/aromatic N) is 2. The number of carbonyl (C=O) groups is 1. The molecule has 5 nitrogen and oxygen atoms in total. The van der Waals surface area contributed by atoms with Crippen LogP contribution in [0.3, 0.4) is 0 Å². The van der Waals surface area contributed by atoms with Crippen LogP contribution in [0.1, 0.15) is 0 Å². The van der Waals surface area contributed by atoms with Crippen LogP contribution < -0.4 is 40.0 Å². The predicted octanol–water partition coefficient (Wildman–Crippen LogP) is -0.231. The van der Waals surface area contributed by atoms with Crippen LogP contribution in [0.5, 0.6) is 0 Å². The van der Waals surface area contributed by atoms with Crippen LogP contribution in [0.4, 0.5) is 10.3 Å². The first-order valence-electron chi connectivity index (χ1n) is 7.36. The summed E-state index contributed by atoms with van der Waals surface area (Å²) in [6.45, 7) is -0.438. The first kappa shape index (κ1) is 20.3. The maximum atomic E-state index is 13.8. The Morgan fingerprint density at radius 3 is 2.31 bits per heavy atom. The number of carboxylic acid groups (broad SMARTS) is 1. The molecule has 26 heavy (non-hydrogen) atoms. The summed E-state index contributed by atoms with van der Waals surface area (Å²) in [5, 5.41) is 13.3. The molecule has 0 bridgehead atoms. The number of hydrogen-bond acceptors (Lipinski definition) is 5. The van der Waals surface area contributed by atoms with Gasteiger partial charge >= 0.3 is 29.6 Å². The van der Waals surface area contributed by atoms with E-state index in [0.29, 0.717) is 17.0 Å². The number of aliphatic carboxylic acids is 1. The molecule has 0 unspecified atom stereocenters. The number of halogens is 2. The molecule has 8 heteroatoms. The van der Waals surface area contributed by atoms with Crippen molar-refractivity contribution in [3.05, 3.63) is 65.4 Å². The van der Waals surface area contributed by atoms with E-state index in [9.17, 15) is 14.3 Å². The number of hydrogen-bond donors (Lipinski definition) is 1. The predicted molar refractivity (Wildman–Crippen MR) is 91.4 cm³/mol. The van der Waals surface area contributed by atoms with Crippen molar-refractivity contribution in [1.29, 1.82) is 0 Å². The van der Waals surface area contributed by atoms with Gasteiger partial charge in [0, 0.05) is 11.1 Å². The Kier molecular flexibility index (Phi) is 7.11. The second-order valence-corrected chi connectivity index (χ2v) is 5.59. The van der Waals surface area contributed by atoms with Crippen LogP contribution in [0, 0.1) is 5.82 Å². The van der Waals surface area contributed by atoms with E-state index in [2.05, 4.69) is 15.3 Å². The SMILES string of the molecule is O=C([O-])CNc1nc(-c2ccccc2)cc(-c2ccc(Cl)c(F)c2)n1.[Na+]. The van der Waals surface area contributed by atoms with E-state index in [4.69, 9.17) is 11.6 Å². The van der Waals surface area contributed by atoms with Crippen molar-refractivity contribution in [3.63, 3.8) is 0 Å². The molecule has 0 amide bonds. The first-order valence-corrected chi connectivity index (χ1v) is 7.74. The van der Waals surface area contributed by atoms with Crippen LogP contribution in [-0.4, -0.2) is 22.5 Å². The standard InChI is InChI=1S/C18H13ClFN3O2.Na/c19-13-7-6-12(8-14(13)20)16-9-15(11-4-2-1-3-5-11)22-18(23-16)21-10-17(24)25;/h1-9H,10H2,(H,24,25)(H,21,22,23);/q;+1/p-1. The van der Waals surface area contributed by atoms with Crippen molar-refractivity contribution in [2.45, 2.75) is 0 Å². The van der Waals surface area contributed by atoms with Crippen molar-refractivity contribution in [2.24, 2.45) is 0 Å². The van der Waals surface area contributed by atoms with Crippen molar-refractivity contribution >= 4 is 23.5 Å². The second-order valence-electron chi connectivity index (χ2n) is 5.18. The van der Waals surface area contributed by atoms with Gasteiger partial charge in [-0.1, -0.05) is 48.0 Å². The number of anilines is 1. The van der Waals surface area contributed by atoms with Gasteiger partial charge in [-0.25, -0.2) is 14.4 Å². The average molecular weight is 380 g/mol. The minimum Gasteiger partial charge on any atom is -0.548 e. The van der Waals surface area contributed by atoms with Gasteiger partial charge in [0.15, 0.2) is 0 Å². The Balaban J connectivity index is 0.00000243. The molecule has 2 aromatic carbocycles. The normalized spacial score (nSPS) is 10.1. The van der Waals surface area contributed by atoms with Gasteiger partial charge in [-0.2, -0.15) is 0 Å². The molecule has 0 aliphatic rings. The summed E-state index contributed by atoms with van der Waals surface area (Å²) in [5.41, 5.74) is 2.32. The van der Waals surface area contributed by atoms with Crippen LogP contribution in [0.25, 0.3) is 22.5 Å². The average Bonchev–Trinajstić information content (AvgIpc) is 2.63. The molecule has 0 atom stereocenters. The van der Waals surface area contributed by atoms with Gasteiger partial charge in [-0.15, -0.1) is 0 Å². The van der Waals surface area contributed by atoms with E-state index < -0.39 is 18.3 Å².